The first-order valence-corrected chi connectivity index (χ1v) is 11.4. The molecule has 0 aliphatic carbocycles. The van der Waals surface area contributed by atoms with Crippen LogP contribution in [0.4, 0.5) is 0 Å². The zero-order chi connectivity index (χ0) is 23.7. The van der Waals surface area contributed by atoms with Crippen molar-refractivity contribution in [2.24, 2.45) is 0 Å². The average Bonchev–Trinajstić information content (AvgIpc) is 2.85. The smallest absolute Gasteiger partial charge is 0.270 e. The molecule has 2 amide bonds. The Labute approximate surface area is 191 Å². The lowest BCUT2D eigenvalue weighted by atomic mass is 10.2. The maximum atomic E-state index is 12.6. The second kappa shape index (κ2) is 11.1. The predicted molar refractivity (Wildman–Crippen MR) is 121 cm³/mol. The summed E-state index contributed by atoms with van der Waals surface area (Å²) in [6.45, 7) is 0.446. The molecule has 33 heavy (non-hydrogen) atoms. The van der Waals surface area contributed by atoms with Gasteiger partial charge in [0.05, 0.1) is 10.5 Å². The predicted octanol–water partition coefficient (Wildman–Crippen LogP) is 2.13. The molecule has 0 atom stereocenters. The highest BCUT2D eigenvalue weighted by Gasteiger charge is 2.18. The number of sulfonamides is 1. The Kier molecular flexibility index (Phi) is 8.01. The minimum atomic E-state index is -4.05. The number of carbonyl (C=O) groups excluding carboxylic acids is 2. The van der Waals surface area contributed by atoms with Crippen LogP contribution in [0, 0.1) is 0 Å². The normalized spacial score (nSPS) is 10.8. The van der Waals surface area contributed by atoms with E-state index in [1.165, 1.54) is 37.4 Å². The fourth-order valence-electron chi connectivity index (χ4n) is 2.78. The van der Waals surface area contributed by atoms with E-state index in [4.69, 9.17) is 9.47 Å². The summed E-state index contributed by atoms with van der Waals surface area (Å²) in [5, 5.41) is 2.45. The molecule has 0 aromatic heterocycles. The molecule has 0 heterocycles. The van der Waals surface area contributed by atoms with Gasteiger partial charge >= 0.3 is 0 Å². The second-order valence-corrected chi connectivity index (χ2v) is 8.35. The summed E-state index contributed by atoms with van der Waals surface area (Å²) in [4.78, 5) is 26.1. The third kappa shape index (κ3) is 6.55. The molecule has 172 valence electrons. The van der Waals surface area contributed by atoms with Gasteiger partial charge in [0.25, 0.3) is 21.8 Å². The topological polar surface area (TPSA) is 123 Å². The molecule has 0 radical (unpaired) electrons. The summed E-state index contributed by atoms with van der Waals surface area (Å²) in [7, 11) is -2.58. The summed E-state index contributed by atoms with van der Waals surface area (Å²) in [6.07, 6.45) is 0. The summed E-state index contributed by atoms with van der Waals surface area (Å²) in [5.74, 6) is -0.0585. The fraction of sp³-hybridized carbons (Fsp3) is 0.130. The zero-order valence-corrected chi connectivity index (χ0v) is 18.6. The number of hydrogen-bond donors (Lipinski definition) is 3. The number of carbonyl (C=O) groups is 2. The molecule has 3 N–H and O–H groups in total. The fourth-order valence-corrected chi connectivity index (χ4v) is 3.62. The zero-order valence-electron chi connectivity index (χ0n) is 17.8. The molecule has 0 aliphatic rings. The lowest BCUT2D eigenvalue weighted by Gasteiger charge is -2.13. The number of nitrogens with one attached hydrogen (secondary N) is 3. The largest absolute Gasteiger partial charge is 0.490 e. The highest BCUT2D eigenvalue weighted by atomic mass is 32.2. The van der Waals surface area contributed by atoms with Crippen molar-refractivity contribution >= 4 is 21.8 Å². The molecule has 9 nitrogen and oxygen atoms in total. The standard InChI is InChI=1S/C23H23N3O6S/c1-24-22(27)17-11-13-19(14-12-17)33(29,30)26-25-23(28)20-9-5-6-10-21(20)32-16-15-31-18-7-3-2-4-8-18/h2-14,26H,15-16H2,1H3,(H,24,27)(H,25,28). The molecule has 0 saturated carbocycles. The van der Waals surface area contributed by atoms with Crippen molar-refractivity contribution in [3.8, 4) is 11.5 Å². The van der Waals surface area contributed by atoms with Crippen molar-refractivity contribution in [1.82, 2.24) is 15.6 Å². The van der Waals surface area contributed by atoms with Gasteiger partial charge in [0.1, 0.15) is 24.7 Å². The van der Waals surface area contributed by atoms with Gasteiger partial charge in [0, 0.05) is 12.6 Å². The Morgan fingerprint density at radius 2 is 1.42 bits per heavy atom. The quantitative estimate of drug-likeness (QED) is 0.309. The number of hydrazine groups is 1. The number of benzene rings is 3. The maximum Gasteiger partial charge on any atom is 0.270 e. The molecule has 3 rings (SSSR count). The minimum absolute atomic E-state index is 0.113. The van der Waals surface area contributed by atoms with Crippen molar-refractivity contribution in [2.45, 2.75) is 4.90 Å². The van der Waals surface area contributed by atoms with Crippen molar-refractivity contribution in [2.75, 3.05) is 20.3 Å². The number of para-hydroxylation sites is 2. The van der Waals surface area contributed by atoms with Crippen LogP contribution < -0.4 is 25.0 Å². The number of hydrogen-bond acceptors (Lipinski definition) is 6. The van der Waals surface area contributed by atoms with Crippen LogP contribution in [0.25, 0.3) is 0 Å². The van der Waals surface area contributed by atoms with E-state index >= 15 is 0 Å². The summed E-state index contributed by atoms with van der Waals surface area (Å²) in [5.41, 5.74) is 2.63. The number of ether oxygens (including phenoxy) is 2. The van der Waals surface area contributed by atoms with Gasteiger partial charge in [-0.05, 0) is 48.5 Å². The molecule has 0 unspecified atom stereocenters. The van der Waals surface area contributed by atoms with Gasteiger partial charge in [-0.3, -0.25) is 15.0 Å². The molecule has 3 aromatic carbocycles. The van der Waals surface area contributed by atoms with Crippen molar-refractivity contribution in [1.29, 1.82) is 0 Å². The first kappa shape index (κ1) is 23.8. The Bertz CT molecular complexity index is 1200. The van der Waals surface area contributed by atoms with Crippen LogP contribution in [0.2, 0.25) is 0 Å². The van der Waals surface area contributed by atoms with E-state index < -0.39 is 15.9 Å². The van der Waals surface area contributed by atoms with E-state index in [0.717, 1.165) is 0 Å². The van der Waals surface area contributed by atoms with Crippen molar-refractivity contribution in [3.05, 3.63) is 90.0 Å². The van der Waals surface area contributed by atoms with Gasteiger partial charge < -0.3 is 14.8 Å². The highest BCUT2D eigenvalue weighted by molar-refractivity contribution is 7.89. The molecule has 10 heteroatoms. The van der Waals surface area contributed by atoms with E-state index in [0.29, 0.717) is 11.3 Å². The molecule has 0 spiro atoms. The Morgan fingerprint density at radius 3 is 2.12 bits per heavy atom. The van der Waals surface area contributed by atoms with E-state index in [-0.39, 0.29) is 35.3 Å². The van der Waals surface area contributed by atoms with Crippen molar-refractivity contribution < 1.29 is 27.5 Å². The first-order valence-electron chi connectivity index (χ1n) is 9.94. The van der Waals surface area contributed by atoms with Gasteiger partial charge in [-0.15, -0.1) is 4.83 Å². The van der Waals surface area contributed by atoms with Crippen LogP contribution in [0.5, 0.6) is 11.5 Å². The lowest BCUT2D eigenvalue weighted by Crippen LogP contribution is -2.41. The SMILES string of the molecule is CNC(=O)c1ccc(S(=O)(=O)NNC(=O)c2ccccc2OCCOc2ccccc2)cc1. The van der Waals surface area contributed by atoms with Crippen LogP contribution in [-0.4, -0.2) is 40.5 Å². The molecular formula is C23H23N3O6S. The van der Waals surface area contributed by atoms with Crippen LogP contribution in [0.1, 0.15) is 20.7 Å². The summed E-state index contributed by atoms with van der Waals surface area (Å²) >= 11 is 0. The molecular weight excluding hydrogens is 446 g/mol. The molecule has 3 aromatic rings. The molecule has 0 saturated heterocycles. The third-order valence-corrected chi connectivity index (χ3v) is 5.70. The van der Waals surface area contributed by atoms with E-state index in [1.807, 2.05) is 35.2 Å². The average molecular weight is 470 g/mol. The Hall–Kier alpha value is -3.89. The summed E-state index contributed by atoms with van der Waals surface area (Å²) < 4.78 is 36.1. The first-order chi connectivity index (χ1) is 15.9. The van der Waals surface area contributed by atoms with Crippen molar-refractivity contribution in [3.63, 3.8) is 0 Å². The molecule has 0 fully saturated rings. The van der Waals surface area contributed by atoms with Crippen LogP contribution in [0.3, 0.4) is 0 Å². The highest BCUT2D eigenvalue weighted by Crippen LogP contribution is 2.18. The van der Waals surface area contributed by atoms with Gasteiger partial charge in [-0.1, -0.05) is 30.3 Å². The molecule has 0 aliphatic heterocycles. The van der Waals surface area contributed by atoms with Gasteiger partial charge in [-0.25, -0.2) is 8.42 Å². The maximum absolute atomic E-state index is 12.6. The van der Waals surface area contributed by atoms with E-state index in [2.05, 4.69) is 10.7 Å². The third-order valence-electron chi connectivity index (χ3n) is 4.44. The number of rotatable bonds is 10. The van der Waals surface area contributed by atoms with Crippen LogP contribution >= 0.6 is 0 Å². The Balaban J connectivity index is 1.58. The van der Waals surface area contributed by atoms with E-state index in [9.17, 15) is 18.0 Å². The number of amides is 2. The minimum Gasteiger partial charge on any atom is -0.490 e. The Morgan fingerprint density at radius 1 is 0.788 bits per heavy atom. The van der Waals surface area contributed by atoms with Crippen LogP contribution in [-0.2, 0) is 10.0 Å². The van der Waals surface area contributed by atoms with Gasteiger partial charge in [0.15, 0.2) is 0 Å². The second-order valence-electron chi connectivity index (χ2n) is 6.67. The van der Waals surface area contributed by atoms with Crippen LogP contribution in [0.15, 0.2) is 83.8 Å². The van der Waals surface area contributed by atoms with Gasteiger partial charge in [-0.2, -0.15) is 0 Å². The summed E-state index contributed by atoms with van der Waals surface area (Å²) in [6, 6.07) is 20.9. The van der Waals surface area contributed by atoms with E-state index in [1.54, 1.807) is 18.2 Å². The molecule has 0 bridgehead atoms. The van der Waals surface area contributed by atoms with Gasteiger partial charge in [0.2, 0.25) is 0 Å². The monoisotopic (exact) mass is 469 g/mol. The lowest BCUT2D eigenvalue weighted by molar-refractivity contribution is 0.0937.